The monoisotopic (exact) mass is 292 g/mol. The van der Waals surface area contributed by atoms with Crippen molar-refractivity contribution in [3.05, 3.63) is 32.3 Å². The first-order valence-corrected chi connectivity index (χ1v) is 5.38. The predicted octanol–water partition coefficient (Wildman–Crippen LogP) is 2.91. The summed E-state index contributed by atoms with van der Waals surface area (Å²) in [5.41, 5.74) is -0.833. The molecule has 0 atom stereocenters. The number of ketones is 2. The molecule has 0 saturated heterocycles. The van der Waals surface area contributed by atoms with Gasteiger partial charge in [-0.25, -0.2) is 0 Å². The van der Waals surface area contributed by atoms with E-state index in [-0.39, 0.29) is 5.03 Å². The third-order valence-electron chi connectivity index (χ3n) is 2.28. The summed E-state index contributed by atoms with van der Waals surface area (Å²) >= 11 is 16.8. The average Bonchev–Trinajstić information content (AvgIpc) is 2.28. The zero-order valence-corrected chi connectivity index (χ0v) is 10.2. The Bertz CT molecular complexity index is 604. The van der Waals surface area contributed by atoms with Gasteiger partial charge >= 0.3 is 0 Å². The standard InChI is InChI=1S/C10H3Cl3O4/c11-2-1-3(14)4-5(8(2)15)10(17)7(13)6(12)9(4)16/h1,16-17H. The third kappa shape index (κ3) is 1.60. The second-order valence-electron chi connectivity index (χ2n) is 3.26. The molecule has 0 amide bonds. The number of allylic oxidation sites excluding steroid dienone is 2. The molecule has 0 bridgehead atoms. The summed E-state index contributed by atoms with van der Waals surface area (Å²) in [6.45, 7) is 0. The zero-order chi connectivity index (χ0) is 12.9. The van der Waals surface area contributed by atoms with E-state index in [9.17, 15) is 19.8 Å². The van der Waals surface area contributed by atoms with Crippen molar-refractivity contribution in [3.63, 3.8) is 0 Å². The van der Waals surface area contributed by atoms with E-state index in [4.69, 9.17) is 34.8 Å². The normalized spacial score (nSPS) is 14.6. The van der Waals surface area contributed by atoms with Gasteiger partial charge in [-0.1, -0.05) is 34.8 Å². The maximum atomic E-state index is 11.7. The van der Waals surface area contributed by atoms with Gasteiger partial charge in [0.05, 0.1) is 16.2 Å². The van der Waals surface area contributed by atoms with Crippen molar-refractivity contribution in [2.24, 2.45) is 0 Å². The van der Waals surface area contributed by atoms with Crippen molar-refractivity contribution >= 4 is 46.4 Å². The van der Waals surface area contributed by atoms with Gasteiger partial charge in [-0.2, -0.15) is 0 Å². The Labute approximate surface area is 110 Å². The predicted molar refractivity (Wildman–Crippen MR) is 62.4 cm³/mol. The smallest absolute Gasteiger partial charge is 0.209 e. The van der Waals surface area contributed by atoms with Gasteiger partial charge in [0.25, 0.3) is 0 Å². The van der Waals surface area contributed by atoms with E-state index in [1.807, 2.05) is 0 Å². The van der Waals surface area contributed by atoms with Crippen LogP contribution < -0.4 is 0 Å². The number of phenolic OH excluding ortho intramolecular Hbond substituents is 2. The molecule has 1 aromatic carbocycles. The van der Waals surface area contributed by atoms with Gasteiger partial charge in [0.1, 0.15) is 21.5 Å². The van der Waals surface area contributed by atoms with E-state index in [0.717, 1.165) is 6.08 Å². The van der Waals surface area contributed by atoms with Crippen LogP contribution in [-0.4, -0.2) is 21.8 Å². The van der Waals surface area contributed by atoms with Crippen LogP contribution in [0.15, 0.2) is 11.1 Å². The van der Waals surface area contributed by atoms with E-state index in [1.165, 1.54) is 0 Å². The number of halogens is 3. The molecule has 0 heterocycles. The van der Waals surface area contributed by atoms with Crippen LogP contribution in [0.4, 0.5) is 0 Å². The van der Waals surface area contributed by atoms with Gasteiger partial charge in [-0.05, 0) is 0 Å². The molecule has 1 aliphatic carbocycles. The fourth-order valence-corrected chi connectivity index (χ4v) is 2.06. The van der Waals surface area contributed by atoms with Gasteiger partial charge < -0.3 is 10.2 Å². The first-order valence-electron chi connectivity index (χ1n) is 4.25. The van der Waals surface area contributed by atoms with Crippen molar-refractivity contribution in [1.29, 1.82) is 0 Å². The van der Waals surface area contributed by atoms with Crippen molar-refractivity contribution in [3.8, 4) is 11.5 Å². The van der Waals surface area contributed by atoms with Crippen LogP contribution in [0.25, 0.3) is 0 Å². The van der Waals surface area contributed by atoms with Gasteiger partial charge in [-0.15, -0.1) is 0 Å². The molecule has 0 saturated carbocycles. The highest BCUT2D eigenvalue weighted by molar-refractivity contribution is 6.51. The Morgan fingerprint density at radius 3 is 1.88 bits per heavy atom. The number of hydrogen-bond donors (Lipinski definition) is 2. The molecule has 0 radical (unpaired) electrons. The fraction of sp³-hybridized carbons (Fsp3) is 0. The average molecular weight is 293 g/mol. The van der Waals surface area contributed by atoms with E-state index < -0.39 is 44.2 Å². The Hall–Kier alpha value is -1.23. The summed E-state index contributed by atoms with van der Waals surface area (Å²) in [5.74, 6) is -2.85. The highest BCUT2D eigenvalue weighted by atomic mass is 35.5. The molecule has 0 aliphatic heterocycles. The third-order valence-corrected chi connectivity index (χ3v) is 3.39. The number of carbonyl (C=O) groups excluding carboxylic acids is 2. The van der Waals surface area contributed by atoms with Crippen molar-refractivity contribution in [1.82, 2.24) is 0 Å². The Morgan fingerprint density at radius 1 is 0.882 bits per heavy atom. The summed E-state index contributed by atoms with van der Waals surface area (Å²) in [7, 11) is 0. The van der Waals surface area contributed by atoms with Gasteiger partial charge in [0, 0.05) is 6.08 Å². The molecule has 0 aromatic heterocycles. The highest BCUT2D eigenvalue weighted by Gasteiger charge is 2.34. The molecule has 17 heavy (non-hydrogen) atoms. The Kier molecular flexibility index (Phi) is 2.81. The lowest BCUT2D eigenvalue weighted by Crippen LogP contribution is -2.15. The molecule has 0 unspecified atom stereocenters. The maximum absolute atomic E-state index is 11.7. The summed E-state index contributed by atoms with van der Waals surface area (Å²) < 4.78 is 0. The lowest BCUT2D eigenvalue weighted by Gasteiger charge is -2.16. The van der Waals surface area contributed by atoms with Crippen LogP contribution >= 0.6 is 34.8 Å². The number of Topliss-reactive ketones (excluding diaryl/α,β-unsaturated/α-hetero) is 1. The molecule has 1 aromatic rings. The van der Waals surface area contributed by atoms with E-state index in [0.29, 0.717) is 0 Å². The van der Waals surface area contributed by atoms with Gasteiger partial charge in [-0.3, -0.25) is 9.59 Å². The summed E-state index contributed by atoms with van der Waals surface area (Å²) in [4.78, 5) is 23.3. The fourth-order valence-electron chi connectivity index (χ4n) is 1.50. The lowest BCUT2D eigenvalue weighted by molar-refractivity contribution is 0.0985. The number of rotatable bonds is 0. The number of hydrogen-bond acceptors (Lipinski definition) is 4. The minimum Gasteiger partial charge on any atom is -0.506 e. The van der Waals surface area contributed by atoms with Crippen LogP contribution in [0.1, 0.15) is 20.7 Å². The van der Waals surface area contributed by atoms with E-state index >= 15 is 0 Å². The molecule has 88 valence electrons. The molecule has 1 aliphatic rings. The topological polar surface area (TPSA) is 74.6 Å². The van der Waals surface area contributed by atoms with Gasteiger partial charge in [0.2, 0.25) is 5.78 Å². The molecular formula is C10H3Cl3O4. The van der Waals surface area contributed by atoms with Crippen LogP contribution in [-0.2, 0) is 0 Å². The molecule has 7 heteroatoms. The summed E-state index contributed by atoms with van der Waals surface area (Å²) in [6.07, 6.45) is 0.843. The highest BCUT2D eigenvalue weighted by Crippen LogP contribution is 2.46. The Balaban J connectivity index is 2.93. The first-order chi connectivity index (χ1) is 7.86. The molecule has 2 N–H and O–H groups in total. The molecular weight excluding hydrogens is 290 g/mol. The van der Waals surface area contributed by atoms with Crippen LogP contribution in [0.3, 0.4) is 0 Å². The lowest BCUT2D eigenvalue weighted by atomic mass is 9.93. The maximum Gasteiger partial charge on any atom is 0.209 e. The molecule has 4 nitrogen and oxygen atoms in total. The largest absolute Gasteiger partial charge is 0.506 e. The van der Waals surface area contributed by atoms with Crippen LogP contribution in [0.2, 0.25) is 10.0 Å². The second-order valence-corrected chi connectivity index (χ2v) is 4.42. The van der Waals surface area contributed by atoms with Crippen molar-refractivity contribution < 1.29 is 19.8 Å². The number of carbonyl (C=O) groups is 2. The Morgan fingerprint density at radius 2 is 1.35 bits per heavy atom. The molecule has 0 fully saturated rings. The number of phenols is 2. The molecule has 0 spiro atoms. The summed E-state index contributed by atoms with van der Waals surface area (Å²) in [5, 5.41) is 18.2. The minimum absolute atomic E-state index is 0.365. The second kappa shape index (κ2) is 3.91. The number of benzene rings is 1. The van der Waals surface area contributed by atoms with Crippen molar-refractivity contribution in [2.75, 3.05) is 0 Å². The van der Waals surface area contributed by atoms with Crippen molar-refractivity contribution in [2.45, 2.75) is 0 Å². The van der Waals surface area contributed by atoms with Crippen LogP contribution in [0, 0.1) is 0 Å². The number of aromatic hydroxyl groups is 2. The first kappa shape index (κ1) is 12.2. The number of fused-ring (bicyclic) bond motifs is 1. The van der Waals surface area contributed by atoms with Gasteiger partial charge in [0.15, 0.2) is 5.78 Å². The van der Waals surface area contributed by atoms with E-state index in [1.54, 1.807) is 0 Å². The quantitative estimate of drug-likeness (QED) is 0.721. The zero-order valence-electron chi connectivity index (χ0n) is 7.92. The SMILES string of the molecule is O=C1C=C(Cl)C(=O)c2c(O)c(Cl)c(Cl)c(O)c21. The summed E-state index contributed by atoms with van der Waals surface area (Å²) in [6, 6.07) is 0. The van der Waals surface area contributed by atoms with E-state index in [2.05, 4.69) is 0 Å². The van der Waals surface area contributed by atoms with Crippen LogP contribution in [0.5, 0.6) is 11.5 Å². The minimum atomic E-state index is -0.798. The molecule has 2 rings (SSSR count).